The Morgan fingerprint density at radius 1 is 1.20 bits per heavy atom. The minimum absolute atomic E-state index is 0.715. The van der Waals surface area contributed by atoms with Crippen LogP contribution in [-0.4, -0.2) is 19.3 Å². The fourth-order valence-corrected chi connectivity index (χ4v) is 3.07. The van der Waals surface area contributed by atoms with E-state index >= 15 is 0 Å². The van der Waals surface area contributed by atoms with Gasteiger partial charge in [-0.2, -0.15) is 5.10 Å². The van der Waals surface area contributed by atoms with E-state index in [1.165, 1.54) is 11.1 Å². The third kappa shape index (κ3) is 1.89. The van der Waals surface area contributed by atoms with E-state index < -0.39 is 0 Å². The molecule has 3 rings (SSSR count). The van der Waals surface area contributed by atoms with Gasteiger partial charge >= 0.3 is 0 Å². The Morgan fingerprint density at radius 2 is 1.85 bits per heavy atom. The molecule has 0 aliphatic carbocycles. The minimum Gasteiger partial charge on any atom is -0.327 e. The van der Waals surface area contributed by atoms with Gasteiger partial charge in [0.05, 0.1) is 11.4 Å². The highest BCUT2D eigenvalue weighted by molar-refractivity contribution is 7.71. The number of hydrogen-bond acceptors (Lipinski definition) is 2. The van der Waals surface area contributed by atoms with E-state index in [-0.39, 0.29) is 0 Å². The van der Waals surface area contributed by atoms with Crippen molar-refractivity contribution in [3.8, 4) is 5.69 Å². The van der Waals surface area contributed by atoms with E-state index in [2.05, 4.69) is 53.6 Å². The van der Waals surface area contributed by atoms with Crippen LogP contribution in [0.4, 0.5) is 0 Å². The number of fused-ring (bicyclic) bond motifs is 1. The highest BCUT2D eigenvalue weighted by Crippen LogP contribution is 2.23. The lowest BCUT2D eigenvalue weighted by Gasteiger charge is -2.07. The van der Waals surface area contributed by atoms with Gasteiger partial charge in [0.1, 0.15) is 5.52 Å². The first-order chi connectivity index (χ1) is 9.51. The number of rotatable bonds is 2. The molecule has 0 radical (unpaired) electrons. The second kappa shape index (κ2) is 4.59. The summed E-state index contributed by atoms with van der Waals surface area (Å²) >= 11 is 5.51. The maximum atomic E-state index is 5.51. The molecular weight excluding hydrogens is 268 g/mol. The number of imidazole rings is 1. The molecule has 3 aromatic rings. The summed E-state index contributed by atoms with van der Waals surface area (Å²) < 4.78 is 4.68. The van der Waals surface area contributed by atoms with Crippen molar-refractivity contribution in [2.24, 2.45) is 7.05 Å². The van der Waals surface area contributed by atoms with E-state index in [9.17, 15) is 0 Å². The van der Waals surface area contributed by atoms with E-state index in [1.807, 2.05) is 11.7 Å². The summed E-state index contributed by atoms with van der Waals surface area (Å²) in [6, 6.07) is 6.46. The van der Waals surface area contributed by atoms with E-state index in [1.54, 1.807) is 0 Å². The third-order valence-electron chi connectivity index (χ3n) is 3.54. The first-order valence-electron chi connectivity index (χ1n) is 6.76. The number of aromatic nitrogens is 4. The lowest BCUT2D eigenvalue weighted by Crippen LogP contribution is -2.01. The summed E-state index contributed by atoms with van der Waals surface area (Å²) in [5.74, 6) is 0. The average molecular weight is 286 g/mol. The zero-order chi connectivity index (χ0) is 14.4. The summed E-state index contributed by atoms with van der Waals surface area (Å²) in [7, 11) is 1.96. The van der Waals surface area contributed by atoms with Crippen LogP contribution in [0.25, 0.3) is 16.9 Å². The number of H-pyrrole nitrogens is 1. The Morgan fingerprint density at radius 3 is 2.45 bits per heavy atom. The molecule has 4 nitrogen and oxygen atoms in total. The highest BCUT2D eigenvalue weighted by Gasteiger charge is 2.15. The van der Waals surface area contributed by atoms with Gasteiger partial charge in [-0.25, -0.2) is 4.68 Å². The quantitative estimate of drug-likeness (QED) is 0.731. The van der Waals surface area contributed by atoms with Crippen molar-refractivity contribution in [3.63, 3.8) is 0 Å². The first-order valence-corrected chi connectivity index (χ1v) is 7.17. The molecule has 2 aromatic heterocycles. The molecule has 1 N–H and O–H groups in total. The molecule has 0 aliphatic heterocycles. The van der Waals surface area contributed by atoms with Crippen LogP contribution in [0.1, 0.15) is 23.7 Å². The Hall–Kier alpha value is -1.88. The van der Waals surface area contributed by atoms with Crippen molar-refractivity contribution in [2.75, 3.05) is 0 Å². The number of benzene rings is 1. The Balaban J connectivity index is 2.38. The molecule has 0 unspecified atom stereocenters. The van der Waals surface area contributed by atoms with Crippen molar-refractivity contribution >= 4 is 23.4 Å². The maximum absolute atomic E-state index is 5.51. The van der Waals surface area contributed by atoms with Gasteiger partial charge in [0.2, 0.25) is 0 Å². The molecule has 0 amide bonds. The maximum Gasteiger partial charge on any atom is 0.184 e. The van der Waals surface area contributed by atoms with Crippen molar-refractivity contribution in [1.29, 1.82) is 0 Å². The zero-order valence-corrected chi connectivity index (χ0v) is 13.0. The molecule has 0 aliphatic rings. The van der Waals surface area contributed by atoms with Crippen molar-refractivity contribution in [2.45, 2.75) is 27.2 Å². The number of nitrogens with one attached hydrogen (secondary N) is 1. The van der Waals surface area contributed by atoms with Crippen LogP contribution >= 0.6 is 12.2 Å². The normalized spacial score (nSPS) is 11.4. The summed E-state index contributed by atoms with van der Waals surface area (Å²) in [4.78, 5) is 3.30. The molecule has 0 spiro atoms. The van der Waals surface area contributed by atoms with Gasteiger partial charge in [0, 0.05) is 7.05 Å². The molecule has 0 saturated carbocycles. The fourth-order valence-electron chi connectivity index (χ4n) is 2.78. The van der Waals surface area contributed by atoms with Gasteiger partial charge in [-0.15, -0.1) is 0 Å². The largest absolute Gasteiger partial charge is 0.327 e. The number of nitrogens with zero attached hydrogens (tertiary/aromatic N) is 3. The van der Waals surface area contributed by atoms with Crippen LogP contribution in [0.5, 0.6) is 0 Å². The summed E-state index contributed by atoms with van der Waals surface area (Å²) in [6.45, 7) is 6.31. The fraction of sp³-hybridized carbons (Fsp3) is 0.333. The van der Waals surface area contributed by atoms with Gasteiger partial charge in [-0.1, -0.05) is 13.0 Å². The standard InChI is InChI=1S/C15H18N4S/c1-5-12-13-14(18(4)17-12)19(15(20)16-13)11-7-9(2)6-10(3)8-11/h6-8H,5H2,1-4H3,(H,16,20). The van der Waals surface area contributed by atoms with Crippen molar-refractivity contribution in [1.82, 2.24) is 19.3 Å². The minimum atomic E-state index is 0.715. The van der Waals surface area contributed by atoms with E-state index in [0.717, 1.165) is 29.0 Å². The lowest BCUT2D eigenvalue weighted by molar-refractivity contribution is 0.748. The molecule has 2 heterocycles. The van der Waals surface area contributed by atoms with Gasteiger partial charge in [0.25, 0.3) is 0 Å². The van der Waals surface area contributed by atoms with E-state index in [0.29, 0.717) is 4.77 Å². The average Bonchev–Trinajstić information content (AvgIpc) is 2.85. The SMILES string of the molecule is CCc1nn(C)c2c1[nH]c(=S)n2-c1cc(C)cc(C)c1. The van der Waals surface area contributed by atoms with Crippen LogP contribution in [0.15, 0.2) is 18.2 Å². The summed E-state index contributed by atoms with van der Waals surface area (Å²) in [5.41, 5.74) is 6.67. The monoisotopic (exact) mass is 286 g/mol. The van der Waals surface area contributed by atoms with Gasteiger partial charge in [-0.3, -0.25) is 4.57 Å². The van der Waals surface area contributed by atoms with Gasteiger partial charge in [-0.05, 0) is 55.7 Å². The predicted octanol–water partition coefficient (Wildman–Crippen LogP) is 3.60. The molecule has 0 atom stereocenters. The summed E-state index contributed by atoms with van der Waals surface area (Å²) in [5, 5.41) is 4.56. The number of aromatic amines is 1. The van der Waals surface area contributed by atoms with Crippen LogP contribution < -0.4 is 0 Å². The molecule has 0 saturated heterocycles. The molecule has 0 bridgehead atoms. The number of hydrogen-bond donors (Lipinski definition) is 1. The molecule has 5 heteroatoms. The predicted molar refractivity (Wildman–Crippen MR) is 84.1 cm³/mol. The Labute approximate surface area is 123 Å². The Kier molecular flexibility index (Phi) is 3.01. The second-order valence-electron chi connectivity index (χ2n) is 5.23. The smallest absolute Gasteiger partial charge is 0.184 e. The van der Waals surface area contributed by atoms with Crippen LogP contribution in [0.2, 0.25) is 0 Å². The second-order valence-corrected chi connectivity index (χ2v) is 5.62. The first kappa shape index (κ1) is 13.1. The molecule has 104 valence electrons. The third-order valence-corrected chi connectivity index (χ3v) is 3.82. The van der Waals surface area contributed by atoms with Crippen LogP contribution in [0.3, 0.4) is 0 Å². The number of aryl methyl sites for hydroxylation is 4. The zero-order valence-electron chi connectivity index (χ0n) is 12.2. The molecular formula is C15H18N4S. The lowest BCUT2D eigenvalue weighted by atomic mass is 10.1. The summed E-state index contributed by atoms with van der Waals surface area (Å²) in [6.07, 6.45) is 0.888. The van der Waals surface area contributed by atoms with Crippen molar-refractivity contribution < 1.29 is 0 Å². The highest BCUT2D eigenvalue weighted by atomic mass is 32.1. The van der Waals surface area contributed by atoms with E-state index in [4.69, 9.17) is 12.2 Å². The topological polar surface area (TPSA) is 38.5 Å². The van der Waals surface area contributed by atoms with Gasteiger partial charge < -0.3 is 4.98 Å². The molecule has 1 aromatic carbocycles. The van der Waals surface area contributed by atoms with Crippen molar-refractivity contribution in [3.05, 3.63) is 39.8 Å². The van der Waals surface area contributed by atoms with Gasteiger partial charge in [0.15, 0.2) is 10.4 Å². The Bertz CT molecular complexity index is 830. The molecule has 20 heavy (non-hydrogen) atoms. The molecule has 0 fully saturated rings. The van der Waals surface area contributed by atoms with Crippen LogP contribution in [-0.2, 0) is 13.5 Å². The van der Waals surface area contributed by atoms with Crippen LogP contribution in [0, 0.1) is 18.6 Å².